The Labute approximate surface area is 141 Å². The van der Waals surface area contributed by atoms with Crippen LogP contribution < -0.4 is 0 Å². The molecule has 0 spiro atoms. The molecule has 23 heavy (non-hydrogen) atoms. The van der Waals surface area contributed by atoms with Crippen molar-refractivity contribution in [2.24, 2.45) is 0 Å². The summed E-state index contributed by atoms with van der Waals surface area (Å²) in [5.41, 5.74) is 1.12. The number of halogens is 1. The van der Waals surface area contributed by atoms with Crippen LogP contribution in [-0.4, -0.2) is 32.0 Å². The third-order valence-corrected chi connectivity index (χ3v) is 5.55. The van der Waals surface area contributed by atoms with Crippen molar-refractivity contribution in [1.29, 1.82) is 0 Å². The summed E-state index contributed by atoms with van der Waals surface area (Å²) < 4.78 is 24.3. The third-order valence-electron chi connectivity index (χ3n) is 3.51. The number of sulfone groups is 1. The van der Waals surface area contributed by atoms with Gasteiger partial charge in [-0.3, -0.25) is 4.79 Å². The van der Waals surface area contributed by atoms with Crippen molar-refractivity contribution < 1.29 is 13.2 Å². The van der Waals surface area contributed by atoms with E-state index in [0.29, 0.717) is 11.6 Å². The van der Waals surface area contributed by atoms with Crippen molar-refractivity contribution in [3.63, 3.8) is 0 Å². The Bertz CT molecular complexity index is 801. The molecule has 6 heteroatoms. The molecule has 122 valence electrons. The standard InChI is InChI=1S/C17H18ClNO3S/c1-3-23(21,22)16-7-5-4-6-15(16)17(20)19(2)12-13-8-10-14(18)11-9-13/h4-11H,3,12H2,1-2H3. The maximum atomic E-state index is 12.6. The fraction of sp³-hybridized carbons (Fsp3) is 0.235. The number of carbonyl (C=O) groups excluding carboxylic acids is 1. The van der Waals surface area contributed by atoms with Crippen LogP contribution in [0, 0.1) is 0 Å². The van der Waals surface area contributed by atoms with E-state index in [0.717, 1.165) is 5.56 Å². The first-order valence-corrected chi connectivity index (χ1v) is 9.20. The molecule has 0 N–H and O–H groups in total. The van der Waals surface area contributed by atoms with Gasteiger partial charge in [0.15, 0.2) is 9.84 Å². The molecule has 0 bridgehead atoms. The maximum absolute atomic E-state index is 12.6. The Morgan fingerprint density at radius 1 is 1.09 bits per heavy atom. The summed E-state index contributed by atoms with van der Waals surface area (Å²) in [4.78, 5) is 14.2. The molecule has 0 saturated carbocycles. The molecule has 0 fully saturated rings. The second-order valence-electron chi connectivity index (χ2n) is 5.19. The first-order valence-electron chi connectivity index (χ1n) is 7.17. The van der Waals surface area contributed by atoms with Gasteiger partial charge in [-0.05, 0) is 29.8 Å². The van der Waals surface area contributed by atoms with Gasteiger partial charge in [-0.1, -0.05) is 42.8 Å². The highest BCUT2D eigenvalue weighted by Gasteiger charge is 2.22. The van der Waals surface area contributed by atoms with Crippen LogP contribution in [-0.2, 0) is 16.4 Å². The first-order chi connectivity index (χ1) is 10.8. The van der Waals surface area contributed by atoms with Gasteiger partial charge in [0.05, 0.1) is 16.2 Å². The lowest BCUT2D eigenvalue weighted by Crippen LogP contribution is -2.27. The smallest absolute Gasteiger partial charge is 0.255 e. The summed E-state index contributed by atoms with van der Waals surface area (Å²) >= 11 is 5.85. The predicted molar refractivity (Wildman–Crippen MR) is 91.4 cm³/mol. The van der Waals surface area contributed by atoms with E-state index in [9.17, 15) is 13.2 Å². The van der Waals surface area contributed by atoms with Gasteiger partial charge in [0, 0.05) is 18.6 Å². The molecule has 0 atom stereocenters. The van der Waals surface area contributed by atoms with Gasteiger partial charge in [0.2, 0.25) is 0 Å². The molecular formula is C17H18ClNO3S. The van der Waals surface area contributed by atoms with Crippen LogP contribution in [0.15, 0.2) is 53.4 Å². The number of rotatable bonds is 5. The molecule has 2 rings (SSSR count). The van der Waals surface area contributed by atoms with Crippen molar-refractivity contribution in [3.8, 4) is 0 Å². The zero-order valence-electron chi connectivity index (χ0n) is 13.0. The van der Waals surface area contributed by atoms with E-state index in [1.807, 2.05) is 12.1 Å². The van der Waals surface area contributed by atoms with Crippen molar-refractivity contribution >= 4 is 27.3 Å². The number of hydrogen-bond acceptors (Lipinski definition) is 3. The molecule has 0 unspecified atom stereocenters. The molecule has 0 aromatic heterocycles. The van der Waals surface area contributed by atoms with Crippen molar-refractivity contribution in [2.75, 3.05) is 12.8 Å². The average molecular weight is 352 g/mol. The topological polar surface area (TPSA) is 54.5 Å². The van der Waals surface area contributed by atoms with Crippen LogP contribution in [0.25, 0.3) is 0 Å². The van der Waals surface area contributed by atoms with Crippen LogP contribution in [0.1, 0.15) is 22.8 Å². The van der Waals surface area contributed by atoms with Gasteiger partial charge >= 0.3 is 0 Å². The van der Waals surface area contributed by atoms with E-state index in [1.165, 1.54) is 11.0 Å². The lowest BCUT2D eigenvalue weighted by Gasteiger charge is -2.19. The zero-order valence-corrected chi connectivity index (χ0v) is 14.6. The molecule has 1 amide bonds. The summed E-state index contributed by atoms with van der Waals surface area (Å²) in [7, 11) is -1.81. The molecule has 0 saturated heterocycles. The molecule has 0 aliphatic heterocycles. The number of benzene rings is 2. The number of hydrogen-bond donors (Lipinski definition) is 0. The third kappa shape index (κ3) is 4.12. The summed E-state index contributed by atoms with van der Waals surface area (Å²) in [6.07, 6.45) is 0. The highest BCUT2D eigenvalue weighted by atomic mass is 35.5. The average Bonchev–Trinajstić information content (AvgIpc) is 2.56. The highest BCUT2D eigenvalue weighted by Crippen LogP contribution is 2.19. The fourth-order valence-corrected chi connectivity index (χ4v) is 3.42. The summed E-state index contributed by atoms with van der Waals surface area (Å²) in [6, 6.07) is 13.5. The predicted octanol–water partition coefficient (Wildman–Crippen LogP) is 3.41. The SMILES string of the molecule is CCS(=O)(=O)c1ccccc1C(=O)N(C)Cc1ccc(Cl)cc1. The summed E-state index contributed by atoms with van der Waals surface area (Å²) in [6.45, 7) is 1.94. The lowest BCUT2D eigenvalue weighted by molar-refractivity contribution is 0.0781. The molecule has 0 aliphatic rings. The molecule has 4 nitrogen and oxygen atoms in total. The van der Waals surface area contributed by atoms with Crippen molar-refractivity contribution in [2.45, 2.75) is 18.4 Å². The van der Waals surface area contributed by atoms with Crippen molar-refractivity contribution in [1.82, 2.24) is 4.90 Å². The second-order valence-corrected chi connectivity index (χ2v) is 7.87. The Morgan fingerprint density at radius 2 is 1.70 bits per heavy atom. The highest BCUT2D eigenvalue weighted by molar-refractivity contribution is 7.91. The minimum Gasteiger partial charge on any atom is -0.337 e. The monoisotopic (exact) mass is 351 g/mol. The molecule has 0 radical (unpaired) electrons. The number of amides is 1. The number of carbonyl (C=O) groups is 1. The van der Waals surface area contributed by atoms with E-state index < -0.39 is 9.84 Å². The van der Waals surface area contributed by atoms with Crippen LogP contribution in [0.3, 0.4) is 0 Å². The van der Waals surface area contributed by atoms with Crippen LogP contribution in [0.2, 0.25) is 5.02 Å². The van der Waals surface area contributed by atoms with E-state index in [1.54, 1.807) is 44.3 Å². The Balaban J connectivity index is 2.28. The van der Waals surface area contributed by atoms with Crippen LogP contribution in [0.5, 0.6) is 0 Å². The minimum atomic E-state index is -3.45. The Kier molecular flexibility index (Phi) is 5.44. The molecule has 2 aromatic rings. The summed E-state index contributed by atoms with van der Waals surface area (Å²) in [5, 5.41) is 0.627. The summed E-state index contributed by atoms with van der Waals surface area (Å²) in [5.74, 6) is -0.370. The number of nitrogens with zero attached hydrogens (tertiary/aromatic N) is 1. The van der Waals surface area contributed by atoms with E-state index in [4.69, 9.17) is 11.6 Å². The zero-order chi connectivity index (χ0) is 17.0. The minimum absolute atomic E-state index is 0.0435. The van der Waals surface area contributed by atoms with Gasteiger partial charge in [-0.25, -0.2) is 8.42 Å². The van der Waals surface area contributed by atoms with Gasteiger partial charge in [0.1, 0.15) is 0 Å². The van der Waals surface area contributed by atoms with Gasteiger partial charge in [-0.15, -0.1) is 0 Å². The van der Waals surface area contributed by atoms with Gasteiger partial charge in [-0.2, -0.15) is 0 Å². The fourth-order valence-electron chi connectivity index (χ4n) is 2.21. The second kappa shape index (κ2) is 7.15. The largest absolute Gasteiger partial charge is 0.337 e. The molecule has 2 aromatic carbocycles. The first kappa shape index (κ1) is 17.5. The van der Waals surface area contributed by atoms with E-state index in [2.05, 4.69) is 0 Å². The van der Waals surface area contributed by atoms with Crippen LogP contribution in [0.4, 0.5) is 0 Å². The lowest BCUT2D eigenvalue weighted by atomic mass is 10.1. The van der Waals surface area contributed by atoms with E-state index in [-0.39, 0.29) is 22.1 Å². The van der Waals surface area contributed by atoms with Gasteiger partial charge in [0.25, 0.3) is 5.91 Å². The van der Waals surface area contributed by atoms with E-state index >= 15 is 0 Å². The normalized spacial score (nSPS) is 11.3. The van der Waals surface area contributed by atoms with Gasteiger partial charge < -0.3 is 4.90 Å². The molecular weight excluding hydrogens is 334 g/mol. The Hall–Kier alpha value is -1.85. The molecule has 0 aliphatic carbocycles. The van der Waals surface area contributed by atoms with Crippen molar-refractivity contribution in [3.05, 3.63) is 64.7 Å². The molecule has 0 heterocycles. The quantitative estimate of drug-likeness (QED) is 0.829. The maximum Gasteiger partial charge on any atom is 0.255 e. The Morgan fingerprint density at radius 3 is 2.30 bits per heavy atom. The van der Waals surface area contributed by atoms with Crippen LogP contribution >= 0.6 is 11.6 Å².